The molecule has 0 spiro atoms. The second-order valence-corrected chi connectivity index (χ2v) is 4.38. The lowest BCUT2D eigenvalue weighted by Crippen LogP contribution is -2.20. The minimum absolute atomic E-state index is 0.407. The lowest BCUT2D eigenvalue weighted by atomic mass is 10.2. The molecule has 0 aliphatic rings. The molecule has 0 bridgehead atoms. The molecule has 2 heterocycles. The van der Waals surface area contributed by atoms with Crippen molar-refractivity contribution in [3.05, 3.63) is 36.9 Å². The highest BCUT2D eigenvalue weighted by Gasteiger charge is 2.02. The van der Waals surface area contributed by atoms with E-state index in [1.54, 1.807) is 12.4 Å². The molecule has 2 rings (SSSR count). The summed E-state index contributed by atoms with van der Waals surface area (Å²) in [6.07, 6.45) is 4.99. The van der Waals surface area contributed by atoms with Crippen molar-refractivity contribution in [2.75, 3.05) is 23.7 Å². The minimum atomic E-state index is 0.407. The molecule has 0 aliphatic carbocycles. The van der Waals surface area contributed by atoms with Crippen molar-refractivity contribution < 1.29 is 0 Å². The maximum Gasteiger partial charge on any atom is 0.135 e. The third-order valence-corrected chi connectivity index (χ3v) is 2.64. The third-order valence-electron chi connectivity index (χ3n) is 2.64. The Bertz CT molecular complexity index is 501. The molecule has 2 aromatic heterocycles. The van der Waals surface area contributed by atoms with E-state index in [1.807, 2.05) is 18.2 Å². The molecular weight excluding hydrogens is 240 g/mol. The van der Waals surface area contributed by atoms with Crippen molar-refractivity contribution in [3.63, 3.8) is 0 Å². The van der Waals surface area contributed by atoms with Gasteiger partial charge in [0.05, 0.1) is 11.9 Å². The second-order valence-electron chi connectivity index (χ2n) is 4.38. The highest BCUT2D eigenvalue weighted by molar-refractivity contribution is 5.57. The van der Waals surface area contributed by atoms with E-state index in [2.05, 4.69) is 32.5 Å². The summed E-state index contributed by atoms with van der Waals surface area (Å²) in [6.45, 7) is 3.53. The van der Waals surface area contributed by atoms with Gasteiger partial charge in [-0.1, -0.05) is 6.92 Å². The largest absolute Gasteiger partial charge is 0.370 e. The molecule has 6 heteroatoms. The number of nitrogens with one attached hydrogen (secondary N) is 2. The van der Waals surface area contributed by atoms with E-state index in [0.717, 1.165) is 23.9 Å². The average molecular weight is 258 g/mol. The molecule has 0 fully saturated rings. The molecule has 0 amide bonds. The molecule has 100 valence electrons. The Morgan fingerprint density at radius 3 is 2.89 bits per heavy atom. The van der Waals surface area contributed by atoms with Crippen LogP contribution < -0.4 is 16.4 Å². The maximum absolute atomic E-state index is 5.58. The van der Waals surface area contributed by atoms with Crippen LogP contribution in [0, 0.1) is 5.92 Å². The monoisotopic (exact) mass is 258 g/mol. The van der Waals surface area contributed by atoms with Crippen LogP contribution in [0.4, 0.5) is 17.3 Å². The first-order chi connectivity index (χ1) is 9.28. The average Bonchev–Trinajstić information content (AvgIpc) is 2.46. The zero-order chi connectivity index (χ0) is 13.5. The molecule has 4 N–H and O–H groups in total. The van der Waals surface area contributed by atoms with Crippen LogP contribution in [0.5, 0.6) is 0 Å². The first kappa shape index (κ1) is 13.2. The number of anilines is 3. The Balaban J connectivity index is 1.99. The van der Waals surface area contributed by atoms with Crippen LogP contribution in [0.25, 0.3) is 0 Å². The summed E-state index contributed by atoms with van der Waals surface area (Å²) >= 11 is 0. The summed E-state index contributed by atoms with van der Waals surface area (Å²) in [5.41, 5.74) is 6.47. The predicted molar refractivity (Wildman–Crippen MR) is 76.3 cm³/mol. The van der Waals surface area contributed by atoms with Crippen molar-refractivity contribution in [2.45, 2.75) is 6.92 Å². The molecule has 19 heavy (non-hydrogen) atoms. The highest BCUT2D eigenvalue weighted by atomic mass is 15.1. The van der Waals surface area contributed by atoms with Gasteiger partial charge >= 0.3 is 0 Å². The standard InChI is InChI=1S/C13H18N6/c1-10(6-14)7-16-12-5-13(18-9-17-12)19-11-3-2-4-15-8-11/h2-5,8-10H,6-7,14H2,1H3,(H2,16,17,18,19). The highest BCUT2D eigenvalue weighted by Crippen LogP contribution is 2.14. The van der Waals surface area contributed by atoms with Gasteiger partial charge in [-0.3, -0.25) is 4.98 Å². The number of nitrogens with two attached hydrogens (primary N) is 1. The van der Waals surface area contributed by atoms with Crippen molar-refractivity contribution in [1.29, 1.82) is 0 Å². The van der Waals surface area contributed by atoms with Gasteiger partial charge < -0.3 is 16.4 Å². The normalized spacial score (nSPS) is 11.9. The molecule has 2 aromatic rings. The molecule has 0 saturated heterocycles. The van der Waals surface area contributed by atoms with Gasteiger partial charge in [0.2, 0.25) is 0 Å². The van der Waals surface area contributed by atoms with E-state index in [4.69, 9.17) is 5.73 Å². The second kappa shape index (κ2) is 6.65. The summed E-state index contributed by atoms with van der Waals surface area (Å²) in [7, 11) is 0. The Morgan fingerprint density at radius 1 is 1.32 bits per heavy atom. The maximum atomic E-state index is 5.58. The zero-order valence-electron chi connectivity index (χ0n) is 10.9. The fourth-order valence-electron chi connectivity index (χ4n) is 1.47. The molecular formula is C13H18N6. The summed E-state index contributed by atoms with van der Waals surface area (Å²) < 4.78 is 0. The van der Waals surface area contributed by atoms with Crippen LogP contribution >= 0.6 is 0 Å². The smallest absolute Gasteiger partial charge is 0.135 e. The van der Waals surface area contributed by atoms with E-state index in [0.29, 0.717) is 12.5 Å². The van der Waals surface area contributed by atoms with Gasteiger partial charge in [-0.05, 0) is 24.6 Å². The van der Waals surface area contributed by atoms with Crippen molar-refractivity contribution in [3.8, 4) is 0 Å². The lowest BCUT2D eigenvalue weighted by Gasteiger charge is -2.11. The predicted octanol–water partition coefficient (Wildman–Crippen LogP) is 1.62. The molecule has 0 aliphatic heterocycles. The van der Waals surface area contributed by atoms with Crippen LogP contribution in [0.15, 0.2) is 36.9 Å². The number of pyridine rings is 1. The van der Waals surface area contributed by atoms with E-state index >= 15 is 0 Å². The number of hydrogen-bond acceptors (Lipinski definition) is 6. The SMILES string of the molecule is CC(CN)CNc1cc(Nc2cccnc2)ncn1. The molecule has 1 atom stereocenters. The van der Waals surface area contributed by atoms with Crippen molar-refractivity contribution in [2.24, 2.45) is 11.7 Å². The van der Waals surface area contributed by atoms with Gasteiger partial charge in [0, 0.05) is 18.8 Å². The van der Waals surface area contributed by atoms with Crippen LogP contribution in [-0.2, 0) is 0 Å². The van der Waals surface area contributed by atoms with E-state index in [9.17, 15) is 0 Å². The fourth-order valence-corrected chi connectivity index (χ4v) is 1.47. The Kier molecular flexibility index (Phi) is 4.63. The van der Waals surface area contributed by atoms with Crippen LogP contribution in [-0.4, -0.2) is 28.0 Å². The van der Waals surface area contributed by atoms with Gasteiger partial charge in [0.25, 0.3) is 0 Å². The van der Waals surface area contributed by atoms with E-state index < -0.39 is 0 Å². The quantitative estimate of drug-likeness (QED) is 0.729. The Labute approximate surface area is 112 Å². The summed E-state index contributed by atoms with van der Waals surface area (Å²) in [6, 6.07) is 5.65. The van der Waals surface area contributed by atoms with Gasteiger partial charge in [-0.15, -0.1) is 0 Å². The van der Waals surface area contributed by atoms with Crippen LogP contribution in [0.1, 0.15) is 6.92 Å². The van der Waals surface area contributed by atoms with Gasteiger partial charge in [-0.25, -0.2) is 9.97 Å². The topological polar surface area (TPSA) is 88.8 Å². The zero-order valence-corrected chi connectivity index (χ0v) is 10.9. The number of rotatable bonds is 6. The van der Waals surface area contributed by atoms with Gasteiger partial charge in [0.1, 0.15) is 18.0 Å². The van der Waals surface area contributed by atoms with E-state index in [1.165, 1.54) is 6.33 Å². The van der Waals surface area contributed by atoms with Gasteiger partial charge in [-0.2, -0.15) is 0 Å². The fraction of sp³-hybridized carbons (Fsp3) is 0.308. The number of nitrogens with zero attached hydrogens (tertiary/aromatic N) is 3. The van der Waals surface area contributed by atoms with Crippen LogP contribution in [0.3, 0.4) is 0 Å². The summed E-state index contributed by atoms with van der Waals surface area (Å²) in [4.78, 5) is 12.4. The molecule has 0 radical (unpaired) electrons. The minimum Gasteiger partial charge on any atom is -0.370 e. The molecule has 1 unspecified atom stereocenters. The molecule has 0 aromatic carbocycles. The molecule has 6 nitrogen and oxygen atoms in total. The number of aromatic nitrogens is 3. The van der Waals surface area contributed by atoms with Crippen molar-refractivity contribution >= 4 is 17.3 Å². The number of hydrogen-bond donors (Lipinski definition) is 3. The Morgan fingerprint density at radius 2 is 2.16 bits per heavy atom. The first-order valence-electron chi connectivity index (χ1n) is 6.21. The van der Waals surface area contributed by atoms with Crippen LogP contribution in [0.2, 0.25) is 0 Å². The third kappa shape index (κ3) is 4.18. The Hall–Kier alpha value is -2.21. The van der Waals surface area contributed by atoms with Crippen molar-refractivity contribution in [1.82, 2.24) is 15.0 Å². The van der Waals surface area contributed by atoms with E-state index in [-0.39, 0.29) is 0 Å². The summed E-state index contributed by atoms with van der Waals surface area (Å²) in [5.74, 6) is 1.91. The summed E-state index contributed by atoms with van der Waals surface area (Å²) in [5, 5.41) is 6.40. The lowest BCUT2D eigenvalue weighted by molar-refractivity contribution is 0.627. The van der Waals surface area contributed by atoms with Gasteiger partial charge in [0.15, 0.2) is 0 Å². The molecule has 0 saturated carbocycles. The first-order valence-corrected chi connectivity index (χ1v) is 6.21.